The van der Waals surface area contributed by atoms with Crippen molar-refractivity contribution in [3.63, 3.8) is 0 Å². The quantitative estimate of drug-likeness (QED) is 0.244. The fourth-order valence-corrected chi connectivity index (χ4v) is 8.16. The topological polar surface area (TPSA) is 121 Å². The standard InChI is InChI=1S/C39H54N2O7/c1-11-31-39(10)35(41-37(45)48-39)26(7)33(42)23(4)20-38(9,32(24(5)22(2)3)25(6)34(43)27(8)36(44)47-31)46-18-14-15-28-19-29-16-12-13-17-30(29)40-21-28/h12-17,19,21-27,31-32,35H,11,18,20H2,1-10H3,(H,41,45)/b15-14+/t23-,24?,25-,26+,27-,31-,32-,35-,38-,39-/m1/s1. The van der Waals surface area contributed by atoms with E-state index < -0.39 is 59.1 Å². The van der Waals surface area contributed by atoms with Crippen LogP contribution >= 0.6 is 0 Å². The summed E-state index contributed by atoms with van der Waals surface area (Å²) in [5.41, 5.74) is -0.380. The smallest absolute Gasteiger partial charge is 0.408 e. The molecule has 0 aliphatic carbocycles. The number of benzene rings is 1. The van der Waals surface area contributed by atoms with Crippen LogP contribution in [0.2, 0.25) is 0 Å². The summed E-state index contributed by atoms with van der Waals surface area (Å²) in [6.07, 6.45) is 4.87. The number of amides is 1. The third kappa shape index (κ3) is 7.51. The van der Waals surface area contributed by atoms with Gasteiger partial charge in [-0.05, 0) is 69.1 Å². The number of rotatable bonds is 7. The van der Waals surface area contributed by atoms with Crippen molar-refractivity contribution in [3.8, 4) is 0 Å². The Hall–Kier alpha value is -3.59. The molecular formula is C39H54N2O7. The van der Waals surface area contributed by atoms with E-state index >= 15 is 0 Å². The van der Waals surface area contributed by atoms with Crippen LogP contribution in [0.3, 0.4) is 0 Å². The minimum absolute atomic E-state index is 0.00710. The molecule has 1 aromatic carbocycles. The average molecular weight is 663 g/mol. The van der Waals surface area contributed by atoms with Crippen LogP contribution < -0.4 is 5.32 Å². The summed E-state index contributed by atoms with van der Waals surface area (Å²) in [4.78, 5) is 59.2. The Bertz CT molecular complexity index is 1540. The minimum Gasteiger partial charge on any atom is -0.458 e. The van der Waals surface area contributed by atoms with Gasteiger partial charge in [0.25, 0.3) is 0 Å². The number of para-hydroxylation sites is 1. The molecule has 1 unspecified atom stereocenters. The van der Waals surface area contributed by atoms with Crippen LogP contribution in [-0.4, -0.2) is 58.6 Å². The molecular weight excluding hydrogens is 608 g/mol. The number of aromatic nitrogens is 1. The highest BCUT2D eigenvalue weighted by molar-refractivity contribution is 6.00. The largest absolute Gasteiger partial charge is 0.458 e. The number of esters is 1. The summed E-state index contributed by atoms with van der Waals surface area (Å²) in [6, 6.07) is 9.26. The maximum atomic E-state index is 14.2. The van der Waals surface area contributed by atoms with Crippen LogP contribution in [0.15, 0.2) is 42.6 Å². The number of pyridine rings is 1. The summed E-state index contributed by atoms with van der Waals surface area (Å²) in [5.74, 6) is -3.86. The van der Waals surface area contributed by atoms with E-state index in [-0.39, 0.29) is 35.9 Å². The van der Waals surface area contributed by atoms with Crippen molar-refractivity contribution in [1.29, 1.82) is 0 Å². The summed E-state index contributed by atoms with van der Waals surface area (Å²) in [6.45, 7) is 19.2. The molecule has 10 atom stereocenters. The Morgan fingerprint density at radius 1 is 1.02 bits per heavy atom. The molecule has 3 heterocycles. The number of nitrogens with zero attached hydrogens (tertiary/aromatic N) is 1. The lowest BCUT2D eigenvalue weighted by Crippen LogP contribution is -2.57. The first-order valence-electron chi connectivity index (χ1n) is 17.5. The highest BCUT2D eigenvalue weighted by Crippen LogP contribution is 2.44. The van der Waals surface area contributed by atoms with Crippen LogP contribution in [0.5, 0.6) is 0 Å². The molecule has 0 spiro atoms. The fourth-order valence-electron chi connectivity index (χ4n) is 8.16. The molecule has 2 fully saturated rings. The summed E-state index contributed by atoms with van der Waals surface area (Å²) >= 11 is 0. The maximum absolute atomic E-state index is 14.2. The average Bonchev–Trinajstić information content (AvgIpc) is 3.37. The zero-order valence-corrected chi connectivity index (χ0v) is 30.2. The number of hydrogen-bond acceptors (Lipinski definition) is 8. The molecule has 0 saturated carbocycles. The molecule has 2 saturated heterocycles. The first-order valence-corrected chi connectivity index (χ1v) is 17.5. The van der Waals surface area contributed by atoms with Gasteiger partial charge < -0.3 is 19.5 Å². The van der Waals surface area contributed by atoms with E-state index in [1.807, 2.05) is 70.3 Å². The molecule has 1 aromatic heterocycles. The lowest BCUT2D eigenvalue weighted by Gasteiger charge is -2.47. The highest BCUT2D eigenvalue weighted by Gasteiger charge is 2.57. The highest BCUT2D eigenvalue weighted by atomic mass is 16.6. The lowest BCUT2D eigenvalue weighted by molar-refractivity contribution is -0.173. The second-order valence-corrected chi connectivity index (χ2v) is 14.9. The summed E-state index contributed by atoms with van der Waals surface area (Å²) < 4.78 is 18.5. The number of carbonyl (C=O) groups is 4. The van der Waals surface area contributed by atoms with Gasteiger partial charge in [-0.15, -0.1) is 0 Å². The first kappa shape index (κ1) is 37.2. The van der Waals surface area contributed by atoms with Gasteiger partial charge in [0.15, 0.2) is 5.60 Å². The molecule has 0 radical (unpaired) electrons. The molecule has 1 amide bonds. The van der Waals surface area contributed by atoms with Crippen molar-refractivity contribution >= 4 is 40.6 Å². The van der Waals surface area contributed by atoms with E-state index in [2.05, 4.69) is 37.1 Å². The number of cyclic esters (lactones) is 1. The third-order valence-electron chi connectivity index (χ3n) is 11.1. The van der Waals surface area contributed by atoms with E-state index in [4.69, 9.17) is 14.2 Å². The number of Topliss-reactive ketones (excluding diaryl/α,β-unsaturated/α-hetero) is 2. The van der Waals surface area contributed by atoms with Crippen LogP contribution in [0, 0.1) is 41.4 Å². The van der Waals surface area contributed by atoms with Gasteiger partial charge in [-0.25, -0.2) is 4.79 Å². The molecule has 9 heteroatoms. The normalized spacial score (nSPS) is 34.4. The zero-order chi connectivity index (χ0) is 35.6. The van der Waals surface area contributed by atoms with Crippen molar-refractivity contribution in [2.75, 3.05) is 6.61 Å². The van der Waals surface area contributed by atoms with Gasteiger partial charge in [-0.3, -0.25) is 19.4 Å². The number of hydrogen-bond donors (Lipinski definition) is 1. The zero-order valence-electron chi connectivity index (χ0n) is 30.2. The minimum atomic E-state index is -1.30. The molecule has 2 aliphatic heterocycles. The number of fused-ring (bicyclic) bond motifs is 2. The molecule has 2 aliphatic rings. The molecule has 1 N–H and O–H groups in total. The number of ketones is 2. The number of carbonyl (C=O) groups excluding carboxylic acids is 4. The number of alkyl carbamates (subject to hydrolysis) is 1. The maximum Gasteiger partial charge on any atom is 0.408 e. The first-order chi connectivity index (χ1) is 22.5. The second kappa shape index (κ2) is 14.9. The van der Waals surface area contributed by atoms with E-state index in [0.29, 0.717) is 12.8 Å². The molecule has 262 valence electrons. The molecule has 0 bridgehead atoms. The molecule has 4 rings (SSSR count). The van der Waals surface area contributed by atoms with E-state index in [0.717, 1.165) is 16.5 Å². The van der Waals surface area contributed by atoms with Crippen LogP contribution in [0.1, 0.15) is 87.6 Å². The van der Waals surface area contributed by atoms with Gasteiger partial charge in [0.1, 0.15) is 23.6 Å². The van der Waals surface area contributed by atoms with Crippen molar-refractivity contribution in [2.24, 2.45) is 41.4 Å². The summed E-state index contributed by atoms with van der Waals surface area (Å²) in [5, 5.41) is 3.87. The van der Waals surface area contributed by atoms with E-state index in [1.165, 1.54) is 0 Å². The summed E-state index contributed by atoms with van der Waals surface area (Å²) in [7, 11) is 0. The van der Waals surface area contributed by atoms with Crippen molar-refractivity contribution in [1.82, 2.24) is 10.3 Å². The van der Waals surface area contributed by atoms with Gasteiger partial charge in [-0.2, -0.15) is 0 Å². The SMILES string of the molecule is CC[C@H]1OC(=O)[C@H](C)C(=O)[C@H](C)[C@@H](C(C)C(C)C)[C@](C)(OC/C=C/c2cnc3ccccc3c2)C[C@@H](C)C(=O)[C@H](C)[C@H]2NC(=O)O[C@@]21C. The Kier molecular flexibility index (Phi) is 11.6. The number of ether oxygens (including phenoxy) is 3. The second-order valence-electron chi connectivity index (χ2n) is 14.9. The van der Waals surface area contributed by atoms with Crippen molar-refractivity contribution < 1.29 is 33.4 Å². The molecule has 9 nitrogen and oxygen atoms in total. The monoisotopic (exact) mass is 662 g/mol. The van der Waals surface area contributed by atoms with Crippen molar-refractivity contribution in [3.05, 3.63) is 48.2 Å². The molecule has 2 aromatic rings. The number of nitrogens with one attached hydrogen (secondary N) is 1. The Morgan fingerprint density at radius 3 is 2.38 bits per heavy atom. The predicted molar refractivity (Wildman–Crippen MR) is 186 cm³/mol. The fraction of sp³-hybridized carbons (Fsp3) is 0.615. The predicted octanol–water partition coefficient (Wildman–Crippen LogP) is 7.21. The Labute approximate surface area is 285 Å². The Balaban J connectivity index is 1.74. The third-order valence-corrected chi connectivity index (χ3v) is 11.1. The molecule has 48 heavy (non-hydrogen) atoms. The van der Waals surface area contributed by atoms with Crippen LogP contribution in [-0.2, 0) is 28.6 Å². The lowest BCUT2D eigenvalue weighted by atomic mass is 9.63. The van der Waals surface area contributed by atoms with Gasteiger partial charge in [-0.1, -0.05) is 78.8 Å². The van der Waals surface area contributed by atoms with Crippen LogP contribution in [0.25, 0.3) is 17.0 Å². The Morgan fingerprint density at radius 2 is 1.71 bits per heavy atom. The van der Waals surface area contributed by atoms with Gasteiger partial charge in [0.2, 0.25) is 0 Å². The van der Waals surface area contributed by atoms with E-state index in [9.17, 15) is 19.2 Å². The van der Waals surface area contributed by atoms with E-state index in [1.54, 1.807) is 20.8 Å². The van der Waals surface area contributed by atoms with Gasteiger partial charge >= 0.3 is 12.1 Å². The van der Waals surface area contributed by atoms with Gasteiger partial charge in [0.05, 0.1) is 23.8 Å². The van der Waals surface area contributed by atoms with Gasteiger partial charge in [0, 0.05) is 29.3 Å². The van der Waals surface area contributed by atoms with Crippen LogP contribution in [0.4, 0.5) is 4.79 Å². The van der Waals surface area contributed by atoms with Crippen molar-refractivity contribution in [2.45, 2.75) is 105 Å².